The van der Waals surface area contributed by atoms with Gasteiger partial charge in [-0.25, -0.2) is 4.98 Å². The lowest BCUT2D eigenvalue weighted by molar-refractivity contribution is 0.233. The zero-order chi connectivity index (χ0) is 18.5. The smallest absolute Gasteiger partial charge is 0.219 e. The number of nitrogens with one attached hydrogen (secondary N) is 1. The summed E-state index contributed by atoms with van der Waals surface area (Å²) in [5.41, 5.74) is 5.74. The van der Waals surface area contributed by atoms with Crippen LogP contribution in [0, 0.1) is 0 Å². The number of pyridine rings is 1. The molecule has 0 saturated heterocycles. The Balaban J connectivity index is 1.56. The summed E-state index contributed by atoms with van der Waals surface area (Å²) < 4.78 is 6.13. The molecule has 27 heavy (non-hydrogen) atoms. The Kier molecular flexibility index (Phi) is 5.68. The van der Waals surface area contributed by atoms with Crippen molar-refractivity contribution in [2.24, 2.45) is 4.99 Å². The van der Waals surface area contributed by atoms with Crippen LogP contribution < -0.4 is 10.2 Å². The molecule has 0 spiro atoms. The minimum Gasteiger partial charge on any atom is -0.439 e. The van der Waals surface area contributed by atoms with Crippen LogP contribution in [0.3, 0.4) is 0 Å². The Hall–Kier alpha value is -2.40. The Morgan fingerprint density at radius 2 is 1.93 bits per heavy atom. The van der Waals surface area contributed by atoms with Crippen molar-refractivity contribution in [3.63, 3.8) is 0 Å². The molecule has 0 bridgehead atoms. The maximum Gasteiger partial charge on any atom is 0.219 e. The summed E-state index contributed by atoms with van der Waals surface area (Å²) in [6, 6.07) is 10.2. The van der Waals surface area contributed by atoms with Gasteiger partial charge in [-0.15, -0.1) is 0 Å². The van der Waals surface area contributed by atoms with E-state index in [9.17, 15) is 5.21 Å². The Labute approximate surface area is 160 Å². The number of fused-ring (bicyclic) bond motifs is 1. The molecule has 1 aromatic heterocycles. The van der Waals surface area contributed by atoms with Crippen LogP contribution in [0.25, 0.3) is 0 Å². The number of nitrogens with zero attached hydrogens (tertiary/aromatic N) is 2. The number of rotatable bonds is 4. The molecule has 5 heteroatoms. The summed E-state index contributed by atoms with van der Waals surface area (Å²) in [5, 5.41) is 9.61. The number of amidine groups is 1. The molecule has 1 heterocycles. The van der Waals surface area contributed by atoms with E-state index in [1.807, 2.05) is 18.2 Å². The first-order valence-electron chi connectivity index (χ1n) is 10.1. The third-order valence-electron chi connectivity index (χ3n) is 5.57. The number of ether oxygens (including phenoxy) is 1. The van der Waals surface area contributed by atoms with Gasteiger partial charge in [0.15, 0.2) is 5.84 Å². The first-order chi connectivity index (χ1) is 13.3. The van der Waals surface area contributed by atoms with Crippen molar-refractivity contribution in [2.45, 2.75) is 63.8 Å². The Morgan fingerprint density at radius 3 is 2.78 bits per heavy atom. The summed E-state index contributed by atoms with van der Waals surface area (Å²) in [5.74, 6) is 1.90. The highest BCUT2D eigenvalue weighted by atomic mass is 16.5. The SMILES string of the molecule is ONC(=NC1CCCCC1)c1ccnc(Oc2cccc3c2CCCC3)c1. The van der Waals surface area contributed by atoms with Gasteiger partial charge in [0.25, 0.3) is 0 Å². The van der Waals surface area contributed by atoms with Gasteiger partial charge >= 0.3 is 0 Å². The summed E-state index contributed by atoms with van der Waals surface area (Å²) in [6.07, 6.45) is 12.2. The van der Waals surface area contributed by atoms with E-state index in [1.54, 1.807) is 6.20 Å². The van der Waals surface area contributed by atoms with E-state index < -0.39 is 0 Å². The zero-order valence-electron chi connectivity index (χ0n) is 15.7. The van der Waals surface area contributed by atoms with Crippen molar-refractivity contribution >= 4 is 5.84 Å². The molecule has 1 fully saturated rings. The number of hydrogen-bond donors (Lipinski definition) is 2. The molecule has 0 amide bonds. The van der Waals surface area contributed by atoms with Gasteiger partial charge in [0.1, 0.15) is 5.75 Å². The number of hydrogen-bond acceptors (Lipinski definition) is 4. The zero-order valence-corrected chi connectivity index (χ0v) is 15.7. The molecule has 0 atom stereocenters. The third-order valence-corrected chi connectivity index (χ3v) is 5.57. The van der Waals surface area contributed by atoms with Crippen LogP contribution in [-0.4, -0.2) is 22.1 Å². The topological polar surface area (TPSA) is 66.7 Å². The predicted molar refractivity (Wildman–Crippen MR) is 106 cm³/mol. The highest BCUT2D eigenvalue weighted by Gasteiger charge is 2.16. The molecule has 1 aromatic carbocycles. The third kappa shape index (κ3) is 4.30. The minimum absolute atomic E-state index is 0.270. The first-order valence-corrected chi connectivity index (χ1v) is 10.1. The molecular weight excluding hydrogens is 338 g/mol. The van der Waals surface area contributed by atoms with Gasteiger partial charge in [0, 0.05) is 17.8 Å². The number of benzene rings is 1. The van der Waals surface area contributed by atoms with Gasteiger partial charge in [-0.2, -0.15) is 0 Å². The lowest BCUT2D eigenvalue weighted by Gasteiger charge is -2.20. The molecule has 0 unspecified atom stereocenters. The fraction of sp³-hybridized carbons (Fsp3) is 0.455. The van der Waals surface area contributed by atoms with E-state index in [4.69, 9.17) is 9.73 Å². The second kappa shape index (κ2) is 8.53. The molecule has 4 rings (SSSR count). The lowest BCUT2D eigenvalue weighted by Crippen LogP contribution is -2.24. The van der Waals surface area contributed by atoms with Gasteiger partial charge in [0.2, 0.25) is 5.88 Å². The Bertz CT molecular complexity index is 813. The normalized spacial score (nSPS) is 18.0. The standard InChI is InChI=1S/C22H27N3O2/c26-25-22(24-18-9-2-1-3-10-18)17-13-14-23-21(15-17)27-20-12-6-8-16-7-4-5-11-19(16)20/h6,8,12-15,18,26H,1-5,7,9-11H2,(H,24,25). The average Bonchev–Trinajstić information content (AvgIpc) is 2.73. The molecule has 2 aliphatic carbocycles. The van der Waals surface area contributed by atoms with Gasteiger partial charge in [-0.1, -0.05) is 31.4 Å². The number of hydroxylamine groups is 1. The molecule has 1 saturated carbocycles. The van der Waals surface area contributed by atoms with Crippen molar-refractivity contribution < 1.29 is 9.94 Å². The van der Waals surface area contributed by atoms with Crippen LogP contribution in [0.5, 0.6) is 11.6 Å². The van der Waals surface area contributed by atoms with Crippen LogP contribution in [-0.2, 0) is 12.8 Å². The quantitative estimate of drug-likeness (QED) is 0.463. The van der Waals surface area contributed by atoms with E-state index >= 15 is 0 Å². The van der Waals surface area contributed by atoms with E-state index in [0.29, 0.717) is 11.7 Å². The second-order valence-electron chi connectivity index (χ2n) is 7.47. The number of aromatic nitrogens is 1. The first kappa shape index (κ1) is 18.0. The van der Waals surface area contributed by atoms with Crippen molar-refractivity contribution in [3.05, 3.63) is 53.2 Å². The van der Waals surface area contributed by atoms with E-state index in [1.165, 1.54) is 43.2 Å². The van der Waals surface area contributed by atoms with Crippen molar-refractivity contribution in [1.29, 1.82) is 0 Å². The molecule has 0 radical (unpaired) electrons. The van der Waals surface area contributed by atoms with Crippen molar-refractivity contribution in [1.82, 2.24) is 10.5 Å². The maximum atomic E-state index is 9.61. The van der Waals surface area contributed by atoms with Crippen LogP contribution in [0.2, 0.25) is 0 Å². The molecule has 2 N–H and O–H groups in total. The molecule has 5 nitrogen and oxygen atoms in total. The molecule has 2 aromatic rings. The highest BCUT2D eigenvalue weighted by Crippen LogP contribution is 2.32. The summed E-state index contributed by atoms with van der Waals surface area (Å²) >= 11 is 0. The monoisotopic (exact) mass is 365 g/mol. The predicted octanol–water partition coefficient (Wildman–Crippen LogP) is 4.81. The molecular formula is C22H27N3O2. The van der Waals surface area contributed by atoms with Crippen LogP contribution >= 0.6 is 0 Å². The van der Waals surface area contributed by atoms with Gasteiger partial charge in [-0.3, -0.25) is 15.7 Å². The maximum absolute atomic E-state index is 9.61. The second-order valence-corrected chi connectivity index (χ2v) is 7.47. The summed E-state index contributed by atoms with van der Waals surface area (Å²) in [4.78, 5) is 9.08. The van der Waals surface area contributed by atoms with Crippen LogP contribution in [0.4, 0.5) is 0 Å². The van der Waals surface area contributed by atoms with E-state index in [0.717, 1.165) is 37.0 Å². The summed E-state index contributed by atoms with van der Waals surface area (Å²) in [7, 11) is 0. The molecule has 0 aliphatic heterocycles. The fourth-order valence-corrected chi connectivity index (χ4v) is 4.13. The van der Waals surface area contributed by atoms with Crippen molar-refractivity contribution in [3.8, 4) is 11.6 Å². The lowest BCUT2D eigenvalue weighted by atomic mass is 9.91. The van der Waals surface area contributed by atoms with Crippen LogP contribution in [0.1, 0.15) is 61.6 Å². The summed E-state index contributed by atoms with van der Waals surface area (Å²) in [6.45, 7) is 0. The van der Waals surface area contributed by atoms with Crippen LogP contribution in [0.15, 0.2) is 41.5 Å². The number of aryl methyl sites for hydroxylation is 1. The average molecular weight is 365 g/mol. The molecule has 2 aliphatic rings. The van der Waals surface area contributed by atoms with E-state index in [2.05, 4.69) is 22.6 Å². The van der Waals surface area contributed by atoms with E-state index in [-0.39, 0.29) is 6.04 Å². The largest absolute Gasteiger partial charge is 0.439 e. The van der Waals surface area contributed by atoms with Gasteiger partial charge in [-0.05, 0) is 61.8 Å². The van der Waals surface area contributed by atoms with Gasteiger partial charge in [0.05, 0.1) is 6.04 Å². The fourth-order valence-electron chi connectivity index (χ4n) is 4.13. The minimum atomic E-state index is 0.270. The van der Waals surface area contributed by atoms with Crippen molar-refractivity contribution in [2.75, 3.05) is 0 Å². The van der Waals surface area contributed by atoms with Gasteiger partial charge < -0.3 is 4.74 Å². The highest BCUT2D eigenvalue weighted by molar-refractivity contribution is 5.98. The Morgan fingerprint density at radius 1 is 1.07 bits per heavy atom. The number of aliphatic imine (C=N–C) groups is 1. The molecule has 142 valence electrons.